The van der Waals surface area contributed by atoms with E-state index in [9.17, 15) is 0 Å². The molecule has 1 aliphatic rings. The van der Waals surface area contributed by atoms with E-state index < -0.39 is 0 Å². The number of ether oxygens (including phenoxy) is 1. The van der Waals surface area contributed by atoms with Gasteiger partial charge in [-0.25, -0.2) is 0 Å². The lowest BCUT2D eigenvalue weighted by atomic mass is 10.4. The Kier molecular flexibility index (Phi) is 1.88. The predicted octanol–water partition coefficient (Wildman–Crippen LogP) is 2.52. The number of epoxide rings is 1. The summed E-state index contributed by atoms with van der Waals surface area (Å²) in [4.78, 5) is 1.29. The summed E-state index contributed by atoms with van der Waals surface area (Å²) in [5.74, 6) is 0. The zero-order valence-electron chi connectivity index (χ0n) is 6.36. The SMILES string of the molecule is CC1OC1Sc1ccccc1. The van der Waals surface area contributed by atoms with Crippen LogP contribution in [0.5, 0.6) is 0 Å². The van der Waals surface area contributed by atoms with Crippen molar-refractivity contribution in [1.29, 1.82) is 0 Å². The maximum Gasteiger partial charge on any atom is 0.134 e. The average Bonchev–Trinajstić information content (AvgIpc) is 2.69. The fourth-order valence-corrected chi connectivity index (χ4v) is 1.93. The van der Waals surface area contributed by atoms with Gasteiger partial charge in [0.1, 0.15) is 5.44 Å². The lowest BCUT2D eigenvalue weighted by Gasteiger charge is -1.94. The summed E-state index contributed by atoms with van der Waals surface area (Å²) in [6.07, 6.45) is 0.445. The fraction of sp³-hybridized carbons (Fsp3) is 0.333. The van der Waals surface area contributed by atoms with E-state index >= 15 is 0 Å². The zero-order chi connectivity index (χ0) is 7.68. The van der Waals surface area contributed by atoms with Gasteiger partial charge in [-0.1, -0.05) is 30.0 Å². The molecular formula is C9H10OS. The first-order valence-corrected chi connectivity index (χ1v) is 4.61. The van der Waals surface area contributed by atoms with Crippen molar-refractivity contribution in [3.8, 4) is 0 Å². The highest BCUT2D eigenvalue weighted by atomic mass is 32.2. The van der Waals surface area contributed by atoms with Gasteiger partial charge in [0.2, 0.25) is 0 Å². The van der Waals surface area contributed by atoms with Crippen molar-refractivity contribution in [2.24, 2.45) is 0 Å². The molecule has 1 fully saturated rings. The summed E-state index contributed by atoms with van der Waals surface area (Å²) in [5.41, 5.74) is 0.400. The minimum absolute atomic E-state index is 0.400. The van der Waals surface area contributed by atoms with Crippen molar-refractivity contribution < 1.29 is 4.74 Å². The van der Waals surface area contributed by atoms with Crippen LogP contribution in [-0.4, -0.2) is 11.5 Å². The number of hydrogen-bond acceptors (Lipinski definition) is 2. The smallest absolute Gasteiger partial charge is 0.134 e. The van der Waals surface area contributed by atoms with Gasteiger partial charge < -0.3 is 4.74 Å². The van der Waals surface area contributed by atoms with Crippen LogP contribution < -0.4 is 0 Å². The molecule has 0 bridgehead atoms. The lowest BCUT2D eigenvalue weighted by molar-refractivity contribution is 0.413. The molecule has 1 aromatic rings. The van der Waals surface area contributed by atoms with Crippen LogP contribution in [0.15, 0.2) is 35.2 Å². The summed E-state index contributed by atoms with van der Waals surface area (Å²) in [7, 11) is 0. The Labute approximate surface area is 70.8 Å². The van der Waals surface area contributed by atoms with E-state index in [0.717, 1.165) is 0 Å². The van der Waals surface area contributed by atoms with Crippen molar-refractivity contribution in [2.45, 2.75) is 23.4 Å². The standard InChI is InChI=1S/C9H10OS/c1-7-9(10-7)11-8-5-3-2-4-6-8/h2-7,9H,1H3. The maximum absolute atomic E-state index is 5.28. The number of hydrogen-bond donors (Lipinski definition) is 0. The molecule has 0 aromatic heterocycles. The Bertz CT molecular complexity index is 235. The zero-order valence-corrected chi connectivity index (χ0v) is 7.17. The van der Waals surface area contributed by atoms with Gasteiger partial charge in [0, 0.05) is 4.90 Å². The summed E-state index contributed by atoms with van der Waals surface area (Å²) < 4.78 is 5.28. The summed E-state index contributed by atoms with van der Waals surface area (Å²) in [6, 6.07) is 10.4. The molecule has 1 saturated heterocycles. The van der Waals surface area contributed by atoms with Crippen molar-refractivity contribution >= 4 is 11.8 Å². The van der Waals surface area contributed by atoms with E-state index in [4.69, 9.17) is 4.74 Å². The van der Waals surface area contributed by atoms with E-state index in [1.165, 1.54) is 4.90 Å². The highest BCUT2D eigenvalue weighted by Crippen LogP contribution is 2.37. The third-order valence-corrected chi connectivity index (χ3v) is 2.92. The van der Waals surface area contributed by atoms with Gasteiger partial charge in [-0.2, -0.15) is 0 Å². The second-order valence-corrected chi connectivity index (χ2v) is 3.81. The van der Waals surface area contributed by atoms with Crippen molar-refractivity contribution in [3.05, 3.63) is 30.3 Å². The van der Waals surface area contributed by atoms with Crippen molar-refractivity contribution in [2.75, 3.05) is 0 Å². The first-order valence-electron chi connectivity index (χ1n) is 3.73. The Morgan fingerprint density at radius 2 is 1.91 bits per heavy atom. The molecule has 11 heavy (non-hydrogen) atoms. The van der Waals surface area contributed by atoms with Crippen LogP contribution in [0.4, 0.5) is 0 Å². The van der Waals surface area contributed by atoms with E-state index in [1.54, 1.807) is 11.8 Å². The molecular weight excluding hydrogens is 156 g/mol. The highest BCUT2D eigenvalue weighted by molar-refractivity contribution is 8.00. The molecule has 2 atom stereocenters. The van der Waals surface area contributed by atoms with Crippen LogP contribution in [0.1, 0.15) is 6.92 Å². The average molecular weight is 166 g/mol. The summed E-state index contributed by atoms with van der Waals surface area (Å²) in [5, 5.41) is 0. The number of thioether (sulfide) groups is 1. The molecule has 58 valence electrons. The largest absolute Gasteiger partial charge is 0.358 e. The van der Waals surface area contributed by atoms with Crippen LogP contribution in [0.2, 0.25) is 0 Å². The fourth-order valence-electron chi connectivity index (χ4n) is 0.923. The molecule has 1 nitrogen and oxygen atoms in total. The van der Waals surface area contributed by atoms with Crippen LogP contribution in [0, 0.1) is 0 Å². The van der Waals surface area contributed by atoms with E-state index in [1.807, 2.05) is 6.07 Å². The second kappa shape index (κ2) is 2.88. The molecule has 1 heterocycles. The molecule has 0 spiro atoms. The topological polar surface area (TPSA) is 12.5 Å². The second-order valence-electron chi connectivity index (χ2n) is 2.64. The first-order chi connectivity index (χ1) is 5.36. The van der Waals surface area contributed by atoms with E-state index in [0.29, 0.717) is 11.5 Å². The Balaban J connectivity index is 1.97. The van der Waals surface area contributed by atoms with E-state index in [-0.39, 0.29) is 0 Å². The van der Waals surface area contributed by atoms with Crippen molar-refractivity contribution in [3.63, 3.8) is 0 Å². The van der Waals surface area contributed by atoms with Gasteiger partial charge in [-0.05, 0) is 19.1 Å². The monoisotopic (exact) mass is 166 g/mol. The minimum atomic E-state index is 0.400. The summed E-state index contributed by atoms with van der Waals surface area (Å²) in [6.45, 7) is 2.10. The van der Waals surface area contributed by atoms with E-state index in [2.05, 4.69) is 31.2 Å². The van der Waals surface area contributed by atoms with Gasteiger partial charge in [0.15, 0.2) is 0 Å². The van der Waals surface area contributed by atoms with Gasteiger partial charge in [-0.3, -0.25) is 0 Å². The molecule has 2 unspecified atom stereocenters. The van der Waals surface area contributed by atoms with Crippen LogP contribution in [-0.2, 0) is 4.74 Å². The number of rotatable bonds is 2. The lowest BCUT2D eigenvalue weighted by Crippen LogP contribution is -1.80. The molecule has 0 saturated carbocycles. The van der Waals surface area contributed by atoms with Gasteiger partial charge in [0.05, 0.1) is 6.10 Å². The molecule has 0 N–H and O–H groups in total. The third-order valence-electron chi connectivity index (χ3n) is 1.65. The highest BCUT2D eigenvalue weighted by Gasteiger charge is 2.34. The third kappa shape index (κ3) is 1.76. The quantitative estimate of drug-likeness (QED) is 0.626. The predicted molar refractivity (Wildman–Crippen MR) is 46.6 cm³/mol. The number of benzene rings is 1. The molecule has 2 heteroatoms. The summed E-state index contributed by atoms with van der Waals surface area (Å²) >= 11 is 1.80. The van der Waals surface area contributed by atoms with Gasteiger partial charge >= 0.3 is 0 Å². The normalized spacial score (nSPS) is 28.5. The minimum Gasteiger partial charge on any atom is -0.358 e. The molecule has 0 radical (unpaired) electrons. The van der Waals surface area contributed by atoms with Crippen LogP contribution >= 0.6 is 11.8 Å². The Morgan fingerprint density at radius 1 is 1.27 bits per heavy atom. The van der Waals surface area contributed by atoms with Crippen molar-refractivity contribution in [1.82, 2.24) is 0 Å². The van der Waals surface area contributed by atoms with Crippen LogP contribution in [0.25, 0.3) is 0 Å². The molecule has 0 aliphatic carbocycles. The molecule has 0 amide bonds. The van der Waals surface area contributed by atoms with Gasteiger partial charge in [0.25, 0.3) is 0 Å². The first kappa shape index (κ1) is 7.19. The van der Waals surface area contributed by atoms with Gasteiger partial charge in [-0.15, -0.1) is 0 Å². The van der Waals surface area contributed by atoms with Crippen LogP contribution in [0.3, 0.4) is 0 Å². The Morgan fingerprint density at radius 3 is 2.45 bits per heavy atom. The molecule has 1 aromatic carbocycles. The Hall–Kier alpha value is -0.470. The maximum atomic E-state index is 5.28. The molecule has 2 rings (SSSR count). The molecule has 1 aliphatic heterocycles.